The lowest BCUT2D eigenvalue weighted by Crippen LogP contribution is -2.60. The Bertz CT molecular complexity index is 862. The van der Waals surface area contributed by atoms with Crippen molar-refractivity contribution in [2.75, 3.05) is 5.32 Å². The van der Waals surface area contributed by atoms with Gasteiger partial charge in [0.05, 0.1) is 11.0 Å². The summed E-state index contributed by atoms with van der Waals surface area (Å²) in [6.07, 6.45) is 7.98. The fourth-order valence-corrected chi connectivity index (χ4v) is 6.31. The Labute approximate surface area is 158 Å². The smallest absolute Gasteiger partial charge is 0.242 e. The van der Waals surface area contributed by atoms with Crippen molar-refractivity contribution in [3.8, 4) is 0 Å². The molecule has 0 radical (unpaired) electrons. The zero-order chi connectivity index (χ0) is 17.9. The van der Waals surface area contributed by atoms with E-state index in [0.29, 0.717) is 17.1 Å². The van der Waals surface area contributed by atoms with E-state index in [0.717, 1.165) is 43.4 Å². The monoisotopic (exact) mass is 370 g/mol. The van der Waals surface area contributed by atoms with E-state index >= 15 is 0 Å². The molecule has 1 N–H and O–H groups in total. The zero-order valence-electron chi connectivity index (χ0n) is 14.9. The molecule has 1 heterocycles. The van der Waals surface area contributed by atoms with Gasteiger partial charge in [0.1, 0.15) is 6.33 Å². The Hall–Kier alpha value is -1.88. The molecule has 1 aromatic heterocycles. The van der Waals surface area contributed by atoms with Crippen LogP contribution in [-0.2, 0) is 10.3 Å². The number of carbonyl (C=O) groups is 1. The maximum atomic E-state index is 13.4. The molecule has 5 nitrogen and oxygen atoms in total. The predicted octanol–water partition coefficient (Wildman–Crippen LogP) is 4.17. The standard InChI is InChI=1S/C20H23ClN4O/c1-13-4-2-3-5-16(13)23-17(26)19-7-14-6-15(8-19)10-20(9-14,11-19)25-12-22-18(21)24-25/h2-5,12,14-15H,6-11H2,1H3,(H,23,26). The van der Waals surface area contributed by atoms with Crippen LogP contribution in [0.15, 0.2) is 30.6 Å². The van der Waals surface area contributed by atoms with Gasteiger partial charge in [-0.15, -0.1) is 5.10 Å². The summed E-state index contributed by atoms with van der Waals surface area (Å²) in [7, 11) is 0. The first-order chi connectivity index (χ1) is 12.5. The SMILES string of the molecule is Cc1ccccc1NC(=O)C12CC3CC(C1)CC(n1cnc(Cl)n1)(C3)C2. The summed E-state index contributed by atoms with van der Waals surface area (Å²) in [5.74, 6) is 1.35. The summed E-state index contributed by atoms with van der Waals surface area (Å²) in [4.78, 5) is 17.6. The van der Waals surface area contributed by atoms with Crippen molar-refractivity contribution in [1.82, 2.24) is 14.8 Å². The van der Waals surface area contributed by atoms with Crippen LogP contribution in [0.25, 0.3) is 0 Å². The molecular formula is C20H23ClN4O. The van der Waals surface area contributed by atoms with Crippen LogP contribution in [0.5, 0.6) is 0 Å². The average molecular weight is 371 g/mol. The summed E-state index contributed by atoms with van der Waals surface area (Å²) in [5, 5.41) is 7.95. The van der Waals surface area contributed by atoms with Gasteiger partial charge in [-0.05, 0) is 80.5 Å². The minimum atomic E-state index is -0.301. The van der Waals surface area contributed by atoms with E-state index in [9.17, 15) is 4.79 Å². The summed E-state index contributed by atoms with van der Waals surface area (Å²) >= 11 is 6.00. The zero-order valence-corrected chi connectivity index (χ0v) is 15.7. The lowest BCUT2D eigenvalue weighted by atomic mass is 9.46. The fraction of sp³-hybridized carbons (Fsp3) is 0.550. The molecule has 0 spiro atoms. The van der Waals surface area contributed by atoms with Gasteiger partial charge in [0.15, 0.2) is 0 Å². The molecule has 1 amide bonds. The average Bonchev–Trinajstić information content (AvgIpc) is 3.03. The number of para-hydroxylation sites is 1. The van der Waals surface area contributed by atoms with Crippen LogP contribution in [0.2, 0.25) is 5.28 Å². The van der Waals surface area contributed by atoms with E-state index in [2.05, 4.69) is 15.4 Å². The van der Waals surface area contributed by atoms with E-state index in [4.69, 9.17) is 11.6 Å². The number of nitrogens with one attached hydrogen (secondary N) is 1. The third-order valence-corrected chi connectivity index (χ3v) is 7.03. The van der Waals surface area contributed by atoms with E-state index < -0.39 is 0 Å². The van der Waals surface area contributed by atoms with Crippen LogP contribution >= 0.6 is 11.6 Å². The normalized spacial score (nSPS) is 34.8. The molecule has 2 unspecified atom stereocenters. The highest BCUT2D eigenvalue weighted by Gasteiger charge is 2.61. The van der Waals surface area contributed by atoms with Crippen molar-refractivity contribution in [1.29, 1.82) is 0 Å². The second-order valence-electron chi connectivity index (χ2n) is 8.69. The van der Waals surface area contributed by atoms with Crippen molar-refractivity contribution in [2.24, 2.45) is 17.3 Å². The first-order valence-corrected chi connectivity index (χ1v) is 9.81. The number of aryl methyl sites for hydroxylation is 1. The molecule has 6 rings (SSSR count). The van der Waals surface area contributed by atoms with Crippen molar-refractivity contribution in [3.05, 3.63) is 41.4 Å². The van der Waals surface area contributed by atoms with Gasteiger partial charge in [-0.3, -0.25) is 4.79 Å². The molecule has 2 atom stereocenters. The van der Waals surface area contributed by atoms with Gasteiger partial charge >= 0.3 is 0 Å². The molecule has 4 fully saturated rings. The Kier molecular flexibility index (Phi) is 3.48. The molecule has 0 saturated heterocycles. The molecule has 4 aliphatic rings. The Morgan fingerprint density at radius 3 is 2.62 bits per heavy atom. The van der Waals surface area contributed by atoms with E-state index in [-0.39, 0.29) is 16.9 Å². The van der Waals surface area contributed by atoms with E-state index in [1.165, 1.54) is 6.42 Å². The first-order valence-electron chi connectivity index (χ1n) is 9.43. The second-order valence-corrected chi connectivity index (χ2v) is 9.03. The topological polar surface area (TPSA) is 59.8 Å². The summed E-state index contributed by atoms with van der Waals surface area (Å²) in [5.41, 5.74) is 1.62. The van der Waals surface area contributed by atoms with Crippen molar-refractivity contribution >= 4 is 23.2 Å². The van der Waals surface area contributed by atoms with Crippen LogP contribution in [0, 0.1) is 24.2 Å². The van der Waals surface area contributed by atoms with Crippen LogP contribution in [-0.4, -0.2) is 20.7 Å². The number of nitrogens with zero attached hydrogens (tertiary/aromatic N) is 3. The number of aromatic nitrogens is 3. The van der Waals surface area contributed by atoms with Crippen LogP contribution in [0.1, 0.15) is 44.1 Å². The van der Waals surface area contributed by atoms with Gasteiger partial charge in [0, 0.05) is 5.69 Å². The number of halogens is 1. The predicted molar refractivity (Wildman–Crippen MR) is 99.9 cm³/mol. The van der Waals surface area contributed by atoms with E-state index in [1.807, 2.05) is 35.9 Å². The molecular weight excluding hydrogens is 348 g/mol. The first kappa shape index (κ1) is 16.3. The Morgan fingerprint density at radius 2 is 1.96 bits per heavy atom. The van der Waals surface area contributed by atoms with Gasteiger partial charge in [0.25, 0.3) is 0 Å². The molecule has 6 heteroatoms. The van der Waals surface area contributed by atoms with Crippen molar-refractivity contribution < 1.29 is 4.79 Å². The molecule has 4 aliphatic carbocycles. The Morgan fingerprint density at radius 1 is 1.23 bits per heavy atom. The third-order valence-electron chi connectivity index (χ3n) is 6.86. The van der Waals surface area contributed by atoms with Gasteiger partial charge < -0.3 is 5.32 Å². The maximum absolute atomic E-state index is 13.4. The third kappa shape index (κ3) is 2.40. The molecule has 0 aliphatic heterocycles. The van der Waals surface area contributed by atoms with Gasteiger partial charge in [-0.1, -0.05) is 18.2 Å². The lowest BCUT2D eigenvalue weighted by Gasteiger charge is -2.60. The van der Waals surface area contributed by atoms with Crippen LogP contribution < -0.4 is 5.32 Å². The highest BCUT2D eigenvalue weighted by molar-refractivity contribution is 6.28. The quantitative estimate of drug-likeness (QED) is 0.881. The molecule has 26 heavy (non-hydrogen) atoms. The lowest BCUT2D eigenvalue weighted by molar-refractivity contribution is -0.150. The summed E-state index contributed by atoms with van der Waals surface area (Å²) in [6, 6.07) is 8.00. The number of amides is 1. The summed E-state index contributed by atoms with van der Waals surface area (Å²) in [6.45, 7) is 2.04. The number of hydrogen-bond donors (Lipinski definition) is 1. The minimum Gasteiger partial charge on any atom is -0.325 e. The number of carbonyl (C=O) groups excluding carboxylic acids is 1. The van der Waals surface area contributed by atoms with Gasteiger partial charge in [-0.25, -0.2) is 9.67 Å². The number of benzene rings is 1. The summed E-state index contributed by atoms with van der Waals surface area (Å²) < 4.78 is 1.96. The number of hydrogen-bond acceptors (Lipinski definition) is 3. The van der Waals surface area contributed by atoms with Crippen LogP contribution in [0.4, 0.5) is 5.69 Å². The number of rotatable bonds is 3. The molecule has 1 aromatic carbocycles. The van der Waals surface area contributed by atoms with Gasteiger partial charge in [-0.2, -0.15) is 0 Å². The maximum Gasteiger partial charge on any atom is 0.242 e. The molecule has 4 saturated carbocycles. The van der Waals surface area contributed by atoms with Crippen molar-refractivity contribution in [2.45, 2.75) is 51.0 Å². The molecule has 2 aromatic rings. The Balaban J connectivity index is 1.49. The number of anilines is 1. The minimum absolute atomic E-state index is 0.104. The van der Waals surface area contributed by atoms with Crippen LogP contribution in [0.3, 0.4) is 0 Å². The molecule has 136 valence electrons. The fourth-order valence-electron chi connectivity index (χ4n) is 6.19. The largest absolute Gasteiger partial charge is 0.325 e. The van der Waals surface area contributed by atoms with Crippen molar-refractivity contribution in [3.63, 3.8) is 0 Å². The van der Waals surface area contributed by atoms with Gasteiger partial charge in [0.2, 0.25) is 11.2 Å². The van der Waals surface area contributed by atoms with E-state index in [1.54, 1.807) is 6.33 Å². The molecule has 4 bridgehead atoms. The second kappa shape index (κ2) is 5.56. The highest BCUT2D eigenvalue weighted by atomic mass is 35.5. The highest BCUT2D eigenvalue weighted by Crippen LogP contribution is 2.64.